The number of anilines is 1. The van der Waals surface area contributed by atoms with Gasteiger partial charge >= 0.3 is 0 Å². The minimum Gasteiger partial charge on any atom is -0.383 e. The van der Waals surface area contributed by atoms with Gasteiger partial charge in [-0.3, -0.25) is 4.98 Å². The summed E-state index contributed by atoms with van der Waals surface area (Å²) in [7, 11) is 0. The topological polar surface area (TPSA) is 24.9 Å². The van der Waals surface area contributed by atoms with E-state index in [1.165, 1.54) is 11.8 Å². The molecule has 0 saturated carbocycles. The number of hydrogen-bond acceptors (Lipinski definition) is 2. The van der Waals surface area contributed by atoms with Crippen molar-refractivity contribution < 1.29 is 0 Å². The lowest BCUT2D eigenvalue weighted by atomic mass is 10.1. The first kappa shape index (κ1) is 11.9. The number of hydrogen-bond donors (Lipinski definition) is 1. The molecule has 0 fully saturated rings. The molecule has 1 N–H and O–H groups in total. The van der Waals surface area contributed by atoms with Crippen LogP contribution in [0.1, 0.15) is 26.0 Å². The van der Waals surface area contributed by atoms with Crippen LogP contribution in [-0.4, -0.2) is 11.5 Å². The van der Waals surface area contributed by atoms with Crippen LogP contribution in [0.25, 0.3) is 10.9 Å². The van der Waals surface area contributed by atoms with Gasteiger partial charge in [0.15, 0.2) is 0 Å². The molecule has 1 atom stereocenters. The Kier molecular flexibility index (Phi) is 3.62. The predicted octanol–water partition coefficient (Wildman–Crippen LogP) is 4.00. The quantitative estimate of drug-likeness (QED) is 0.855. The first-order valence-corrected chi connectivity index (χ1v) is 6.31. The number of aromatic nitrogens is 1. The third kappa shape index (κ3) is 2.76. The van der Waals surface area contributed by atoms with Crippen molar-refractivity contribution in [1.82, 2.24) is 4.98 Å². The van der Waals surface area contributed by atoms with Crippen LogP contribution in [-0.2, 0) is 0 Å². The van der Waals surface area contributed by atoms with Gasteiger partial charge in [0.2, 0.25) is 0 Å². The van der Waals surface area contributed by atoms with E-state index < -0.39 is 0 Å². The highest BCUT2D eigenvalue weighted by atomic mass is 14.9. The van der Waals surface area contributed by atoms with Gasteiger partial charge in [0.05, 0.1) is 11.2 Å². The number of nitrogens with zero attached hydrogens (tertiary/aromatic N) is 1. The fourth-order valence-electron chi connectivity index (χ4n) is 1.82. The molecule has 0 amide bonds. The van der Waals surface area contributed by atoms with E-state index in [4.69, 9.17) is 0 Å². The summed E-state index contributed by atoms with van der Waals surface area (Å²) in [6.45, 7) is 7.52. The van der Waals surface area contributed by atoms with Crippen LogP contribution in [0, 0.1) is 12.8 Å². The van der Waals surface area contributed by atoms with Gasteiger partial charge in [-0.15, -0.1) is 0 Å². The van der Waals surface area contributed by atoms with Crippen LogP contribution in [0.4, 0.5) is 5.69 Å². The second-order valence-electron chi connectivity index (χ2n) is 4.72. The highest BCUT2D eigenvalue weighted by molar-refractivity contribution is 5.90. The lowest BCUT2D eigenvalue weighted by Gasteiger charge is -2.13. The number of benzene rings is 1. The highest BCUT2D eigenvalue weighted by Crippen LogP contribution is 2.22. The first-order chi connectivity index (χ1) is 8.20. The van der Waals surface area contributed by atoms with Crippen LogP contribution >= 0.6 is 0 Å². The van der Waals surface area contributed by atoms with Gasteiger partial charge in [0, 0.05) is 17.6 Å². The van der Waals surface area contributed by atoms with Crippen LogP contribution in [0.15, 0.2) is 30.3 Å². The van der Waals surface area contributed by atoms with Crippen LogP contribution in [0.5, 0.6) is 0 Å². The minimum absolute atomic E-state index is 0.690. The Morgan fingerprint density at radius 2 is 2.06 bits per heavy atom. The van der Waals surface area contributed by atoms with E-state index in [9.17, 15) is 0 Å². The van der Waals surface area contributed by atoms with Crippen LogP contribution in [0.3, 0.4) is 0 Å². The molecule has 2 rings (SSSR count). The molecule has 0 saturated heterocycles. The molecule has 0 bridgehead atoms. The van der Waals surface area contributed by atoms with E-state index in [0.717, 1.165) is 23.4 Å². The molecule has 1 aromatic carbocycles. The molecule has 1 heterocycles. The van der Waals surface area contributed by atoms with E-state index in [0.29, 0.717) is 5.92 Å². The number of pyridine rings is 1. The zero-order valence-corrected chi connectivity index (χ0v) is 10.8. The largest absolute Gasteiger partial charge is 0.383 e. The molecule has 0 spiro atoms. The maximum Gasteiger partial charge on any atom is 0.0936 e. The number of aryl methyl sites for hydroxylation is 1. The molecule has 2 heteroatoms. The molecule has 0 radical (unpaired) electrons. The Bertz CT molecular complexity index is 505. The van der Waals surface area contributed by atoms with Gasteiger partial charge in [-0.25, -0.2) is 0 Å². The average Bonchev–Trinajstić information content (AvgIpc) is 2.35. The van der Waals surface area contributed by atoms with Crippen molar-refractivity contribution in [1.29, 1.82) is 0 Å². The van der Waals surface area contributed by atoms with E-state index in [1.54, 1.807) is 0 Å². The van der Waals surface area contributed by atoms with E-state index >= 15 is 0 Å². The lowest BCUT2D eigenvalue weighted by Crippen LogP contribution is -2.10. The fourth-order valence-corrected chi connectivity index (χ4v) is 1.82. The first-order valence-electron chi connectivity index (χ1n) is 6.31. The predicted molar refractivity (Wildman–Crippen MR) is 74.4 cm³/mol. The van der Waals surface area contributed by atoms with Crippen molar-refractivity contribution in [2.75, 3.05) is 11.9 Å². The second-order valence-corrected chi connectivity index (χ2v) is 4.72. The monoisotopic (exact) mass is 228 g/mol. The maximum atomic E-state index is 4.62. The molecule has 90 valence electrons. The minimum atomic E-state index is 0.690. The van der Waals surface area contributed by atoms with Gasteiger partial charge in [-0.2, -0.15) is 0 Å². The Labute approximate surface area is 103 Å². The van der Waals surface area contributed by atoms with E-state index in [-0.39, 0.29) is 0 Å². The zero-order valence-electron chi connectivity index (χ0n) is 10.8. The molecule has 0 aliphatic carbocycles. The molecule has 0 aliphatic rings. The summed E-state index contributed by atoms with van der Waals surface area (Å²) in [5.41, 5.74) is 3.29. The molecule has 0 aliphatic heterocycles. The Hall–Kier alpha value is -1.57. The van der Waals surface area contributed by atoms with Crippen LogP contribution < -0.4 is 5.32 Å². The molecular weight excluding hydrogens is 208 g/mol. The number of nitrogens with one attached hydrogen (secondary N) is 1. The van der Waals surface area contributed by atoms with Crippen molar-refractivity contribution in [2.24, 2.45) is 5.92 Å². The summed E-state index contributed by atoms with van der Waals surface area (Å²) in [5.74, 6) is 0.690. The van der Waals surface area contributed by atoms with Gasteiger partial charge in [0.25, 0.3) is 0 Å². The molecule has 2 nitrogen and oxygen atoms in total. The third-order valence-corrected chi connectivity index (χ3v) is 3.20. The lowest BCUT2D eigenvalue weighted by molar-refractivity contribution is 0.594. The Morgan fingerprint density at radius 3 is 2.82 bits per heavy atom. The van der Waals surface area contributed by atoms with Crippen molar-refractivity contribution in [3.05, 3.63) is 36.0 Å². The summed E-state index contributed by atoms with van der Waals surface area (Å²) in [4.78, 5) is 4.62. The Morgan fingerprint density at radius 1 is 1.24 bits per heavy atom. The highest BCUT2D eigenvalue weighted by Gasteiger charge is 2.04. The fraction of sp³-hybridized carbons (Fsp3) is 0.400. The van der Waals surface area contributed by atoms with Gasteiger partial charge < -0.3 is 5.32 Å². The normalized spacial score (nSPS) is 12.6. The SMILES string of the molecule is CCC(C)CNc1cccc2ccc(C)nc12. The van der Waals surface area contributed by atoms with Crippen molar-refractivity contribution in [2.45, 2.75) is 27.2 Å². The summed E-state index contributed by atoms with van der Waals surface area (Å²) < 4.78 is 0. The maximum absolute atomic E-state index is 4.62. The standard InChI is InChI=1S/C15H20N2/c1-4-11(2)10-16-14-7-5-6-13-9-8-12(3)17-15(13)14/h5-9,11,16H,4,10H2,1-3H3. The smallest absolute Gasteiger partial charge is 0.0936 e. The third-order valence-electron chi connectivity index (χ3n) is 3.20. The summed E-state index contributed by atoms with van der Waals surface area (Å²) in [5, 5.41) is 4.70. The molecule has 1 aromatic heterocycles. The summed E-state index contributed by atoms with van der Waals surface area (Å²) in [6.07, 6.45) is 1.20. The molecule has 1 unspecified atom stereocenters. The van der Waals surface area contributed by atoms with Gasteiger partial charge in [0.1, 0.15) is 0 Å². The van der Waals surface area contributed by atoms with Crippen molar-refractivity contribution in [3.63, 3.8) is 0 Å². The number of rotatable bonds is 4. The molecule has 17 heavy (non-hydrogen) atoms. The van der Waals surface area contributed by atoms with Gasteiger partial charge in [-0.1, -0.05) is 38.5 Å². The molecular formula is C15H20N2. The number of fused-ring (bicyclic) bond motifs is 1. The van der Waals surface area contributed by atoms with Crippen molar-refractivity contribution >= 4 is 16.6 Å². The second kappa shape index (κ2) is 5.17. The van der Waals surface area contributed by atoms with E-state index in [1.807, 2.05) is 6.92 Å². The van der Waals surface area contributed by atoms with Crippen LogP contribution in [0.2, 0.25) is 0 Å². The summed E-state index contributed by atoms with van der Waals surface area (Å²) in [6, 6.07) is 10.5. The average molecular weight is 228 g/mol. The Balaban J connectivity index is 2.30. The van der Waals surface area contributed by atoms with Crippen molar-refractivity contribution in [3.8, 4) is 0 Å². The van der Waals surface area contributed by atoms with Gasteiger partial charge in [-0.05, 0) is 25.0 Å². The molecule has 2 aromatic rings. The van der Waals surface area contributed by atoms with E-state index in [2.05, 4.69) is 54.5 Å². The number of para-hydroxylation sites is 1. The summed E-state index contributed by atoms with van der Waals surface area (Å²) >= 11 is 0. The zero-order chi connectivity index (χ0) is 12.3.